The molecular weight excluding hydrogens is 380 g/mol. The Bertz CT molecular complexity index is 1090. The van der Waals surface area contributed by atoms with Gasteiger partial charge < -0.3 is 10.1 Å². The number of hydrogen-bond donors (Lipinski definition) is 1. The number of nitrogens with one attached hydrogen (secondary N) is 1. The summed E-state index contributed by atoms with van der Waals surface area (Å²) < 4.78 is 7.93. The van der Waals surface area contributed by atoms with Gasteiger partial charge in [-0.25, -0.2) is 4.98 Å². The highest BCUT2D eigenvalue weighted by Crippen LogP contribution is 2.54. The van der Waals surface area contributed by atoms with Crippen molar-refractivity contribution in [1.82, 2.24) is 19.7 Å². The first kappa shape index (κ1) is 19.6. The van der Waals surface area contributed by atoms with Gasteiger partial charge in [0, 0.05) is 18.9 Å². The molecule has 1 N–H and O–H groups in total. The summed E-state index contributed by atoms with van der Waals surface area (Å²) in [4.78, 5) is 21.6. The average Bonchev–Trinajstić information content (AvgIpc) is 3.42. The first-order valence-electron chi connectivity index (χ1n) is 9.81. The Balaban J connectivity index is 1.52. The molecule has 1 aliphatic rings. The van der Waals surface area contributed by atoms with E-state index in [4.69, 9.17) is 10.00 Å². The van der Waals surface area contributed by atoms with Crippen molar-refractivity contribution in [3.05, 3.63) is 65.9 Å². The van der Waals surface area contributed by atoms with Crippen LogP contribution in [0, 0.1) is 24.2 Å². The van der Waals surface area contributed by atoms with E-state index < -0.39 is 5.41 Å². The quantitative estimate of drug-likeness (QED) is 0.651. The van der Waals surface area contributed by atoms with E-state index in [1.54, 1.807) is 18.3 Å². The van der Waals surface area contributed by atoms with Gasteiger partial charge in [0.25, 0.3) is 0 Å². The van der Waals surface area contributed by atoms with Gasteiger partial charge >= 0.3 is 0 Å². The van der Waals surface area contributed by atoms with Crippen LogP contribution < -0.4 is 10.1 Å². The van der Waals surface area contributed by atoms with Crippen molar-refractivity contribution in [2.75, 3.05) is 11.9 Å². The van der Waals surface area contributed by atoms with Crippen molar-refractivity contribution >= 4 is 11.7 Å². The molecule has 1 saturated carbocycles. The highest BCUT2D eigenvalue weighted by Gasteiger charge is 2.61. The summed E-state index contributed by atoms with van der Waals surface area (Å²) in [6, 6.07) is 11.0. The Kier molecular flexibility index (Phi) is 5.19. The summed E-state index contributed by atoms with van der Waals surface area (Å²) in [5.74, 6) is 0.711. The Morgan fingerprint density at radius 3 is 2.87 bits per heavy atom. The number of pyridine rings is 2. The molecule has 8 heteroatoms. The third-order valence-electron chi connectivity index (χ3n) is 5.42. The highest BCUT2D eigenvalue weighted by atomic mass is 16.5. The molecule has 0 aromatic carbocycles. The summed E-state index contributed by atoms with van der Waals surface area (Å²) in [6.07, 6.45) is 5.67. The molecule has 0 saturated heterocycles. The van der Waals surface area contributed by atoms with Crippen LogP contribution in [0.5, 0.6) is 5.75 Å². The molecule has 0 bridgehead atoms. The number of carbonyl (C=O) groups is 1. The molecule has 1 fully saturated rings. The third kappa shape index (κ3) is 3.74. The first-order valence-corrected chi connectivity index (χ1v) is 9.81. The van der Waals surface area contributed by atoms with Crippen LogP contribution in [-0.2, 0) is 16.8 Å². The van der Waals surface area contributed by atoms with Crippen molar-refractivity contribution in [3.8, 4) is 11.8 Å². The van der Waals surface area contributed by atoms with Crippen molar-refractivity contribution in [1.29, 1.82) is 5.26 Å². The molecule has 1 aliphatic carbocycles. The maximum atomic E-state index is 12.9. The molecule has 2 unspecified atom stereocenters. The first-order chi connectivity index (χ1) is 14.6. The minimum Gasteiger partial charge on any atom is -0.489 e. The molecule has 8 nitrogen and oxygen atoms in total. The number of nitriles is 1. The van der Waals surface area contributed by atoms with E-state index in [1.165, 1.54) is 6.20 Å². The zero-order valence-electron chi connectivity index (χ0n) is 16.9. The van der Waals surface area contributed by atoms with Crippen molar-refractivity contribution in [3.63, 3.8) is 0 Å². The van der Waals surface area contributed by atoms with Gasteiger partial charge in [0.2, 0.25) is 5.91 Å². The van der Waals surface area contributed by atoms with Gasteiger partial charge in [0.15, 0.2) is 5.75 Å². The zero-order valence-corrected chi connectivity index (χ0v) is 16.9. The molecule has 0 radical (unpaired) electrons. The fraction of sp³-hybridized carbons (Fsp3) is 0.318. The van der Waals surface area contributed by atoms with E-state index in [2.05, 4.69) is 20.4 Å². The number of carbonyl (C=O) groups excluding carboxylic acids is 1. The largest absolute Gasteiger partial charge is 0.489 e. The van der Waals surface area contributed by atoms with Gasteiger partial charge in [-0.1, -0.05) is 6.07 Å². The maximum Gasteiger partial charge on any atom is 0.229 e. The minimum absolute atomic E-state index is 0.137. The van der Waals surface area contributed by atoms with Crippen LogP contribution in [0.3, 0.4) is 0 Å². The van der Waals surface area contributed by atoms with Crippen molar-refractivity contribution in [2.24, 2.45) is 5.92 Å². The van der Waals surface area contributed by atoms with Gasteiger partial charge in [0.1, 0.15) is 24.2 Å². The molecule has 1 amide bonds. The van der Waals surface area contributed by atoms with Crippen LogP contribution in [0.2, 0.25) is 0 Å². The highest BCUT2D eigenvalue weighted by molar-refractivity contribution is 5.95. The smallest absolute Gasteiger partial charge is 0.229 e. The van der Waals surface area contributed by atoms with Crippen LogP contribution in [-0.4, -0.2) is 32.3 Å². The predicted octanol–water partition coefficient (Wildman–Crippen LogP) is 2.85. The fourth-order valence-corrected chi connectivity index (χ4v) is 3.58. The van der Waals surface area contributed by atoms with Gasteiger partial charge in [-0.15, -0.1) is 0 Å². The number of aryl methyl sites for hydroxylation is 2. The average molecular weight is 402 g/mol. The number of ether oxygens (including phenoxy) is 1. The third-order valence-corrected chi connectivity index (χ3v) is 5.42. The molecule has 4 rings (SSSR count). The second-order valence-electron chi connectivity index (χ2n) is 7.38. The lowest BCUT2D eigenvalue weighted by atomic mass is 9.99. The second kappa shape index (κ2) is 7.95. The summed E-state index contributed by atoms with van der Waals surface area (Å²) in [5, 5.41) is 16.1. The Labute approximate surface area is 174 Å². The molecule has 152 valence electrons. The van der Waals surface area contributed by atoms with Crippen LogP contribution >= 0.6 is 0 Å². The minimum atomic E-state index is -0.501. The van der Waals surface area contributed by atoms with Crippen LogP contribution in [0.4, 0.5) is 5.82 Å². The molecule has 0 aliphatic heterocycles. The molecule has 30 heavy (non-hydrogen) atoms. The molecule has 3 heterocycles. The topological polar surface area (TPSA) is 106 Å². The zero-order chi connectivity index (χ0) is 21.1. The number of amides is 1. The molecule has 2 atom stereocenters. The van der Waals surface area contributed by atoms with E-state index in [0.29, 0.717) is 30.2 Å². The van der Waals surface area contributed by atoms with Gasteiger partial charge in [-0.3, -0.25) is 14.5 Å². The number of rotatable bonds is 7. The van der Waals surface area contributed by atoms with Crippen LogP contribution in [0.1, 0.15) is 30.3 Å². The van der Waals surface area contributed by atoms with Gasteiger partial charge in [0.05, 0.1) is 28.8 Å². The summed E-state index contributed by atoms with van der Waals surface area (Å²) in [6.45, 7) is 5.02. The molecule has 3 aromatic heterocycles. The number of hydrogen-bond acceptors (Lipinski definition) is 6. The normalized spacial score (nSPS) is 19.7. The SMILES string of the molecule is CCn1cc(OCC2(c3ccccn3)CC2C(=O)Nc2ccc(C#N)cn2)c(C)n1. The monoisotopic (exact) mass is 402 g/mol. The van der Waals surface area contributed by atoms with E-state index >= 15 is 0 Å². The summed E-state index contributed by atoms with van der Waals surface area (Å²) in [7, 11) is 0. The number of aromatic nitrogens is 4. The van der Waals surface area contributed by atoms with E-state index in [9.17, 15) is 4.79 Å². The lowest BCUT2D eigenvalue weighted by Gasteiger charge is -2.17. The summed E-state index contributed by atoms with van der Waals surface area (Å²) in [5.41, 5.74) is 1.59. The van der Waals surface area contributed by atoms with Crippen molar-refractivity contribution in [2.45, 2.75) is 32.2 Å². The van der Waals surface area contributed by atoms with Crippen molar-refractivity contribution < 1.29 is 9.53 Å². The lowest BCUT2D eigenvalue weighted by Crippen LogP contribution is -2.27. The van der Waals surface area contributed by atoms with Crippen LogP contribution in [0.15, 0.2) is 48.9 Å². The number of nitrogens with zero attached hydrogens (tertiary/aromatic N) is 5. The fourth-order valence-electron chi connectivity index (χ4n) is 3.58. The molecule has 3 aromatic rings. The Morgan fingerprint density at radius 2 is 2.23 bits per heavy atom. The molecular formula is C22H22N6O2. The number of anilines is 1. The Hall–Kier alpha value is -3.73. The van der Waals surface area contributed by atoms with Gasteiger partial charge in [-0.05, 0) is 44.5 Å². The second-order valence-corrected chi connectivity index (χ2v) is 7.38. The van der Waals surface area contributed by atoms with Gasteiger partial charge in [-0.2, -0.15) is 10.4 Å². The lowest BCUT2D eigenvalue weighted by molar-refractivity contribution is -0.117. The Morgan fingerprint density at radius 1 is 1.37 bits per heavy atom. The predicted molar refractivity (Wildman–Crippen MR) is 110 cm³/mol. The van der Waals surface area contributed by atoms with E-state index in [1.807, 2.05) is 49.0 Å². The van der Waals surface area contributed by atoms with E-state index in [-0.39, 0.29) is 11.8 Å². The maximum absolute atomic E-state index is 12.9. The molecule has 0 spiro atoms. The van der Waals surface area contributed by atoms with Crippen LogP contribution in [0.25, 0.3) is 0 Å². The van der Waals surface area contributed by atoms with E-state index in [0.717, 1.165) is 17.9 Å². The summed E-state index contributed by atoms with van der Waals surface area (Å²) >= 11 is 0. The standard InChI is InChI=1S/C22H22N6O2/c1-3-28-13-18(15(2)27-28)30-14-22(19-6-4-5-9-24-19)10-17(22)21(29)26-20-8-7-16(11-23)12-25-20/h4-9,12-13,17H,3,10,14H2,1-2H3,(H,25,26,29).